The molecule has 0 aliphatic carbocycles. The van der Waals surface area contributed by atoms with Gasteiger partial charge in [0.2, 0.25) is 10.0 Å². The van der Waals surface area contributed by atoms with Crippen LogP contribution in [0.5, 0.6) is 0 Å². The van der Waals surface area contributed by atoms with Crippen LogP contribution in [0.25, 0.3) is 0 Å². The predicted molar refractivity (Wildman–Crippen MR) is 75.6 cm³/mol. The molecule has 0 spiro atoms. The number of hydrogen-bond donors (Lipinski definition) is 1. The van der Waals surface area contributed by atoms with Gasteiger partial charge in [-0.15, -0.1) is 0 Å². The topological polar surface area (TPSA) is 66.1 Å². The smallest absolute Gasteiger partial charge is 0.243 e. The van der Waals surface area contributed by atoms with Gasteiger partial charge in [-0.25, -0.2) is 13.4 Å². The normalized spacial score (nSPS) is 20.4. The summed E-state index contributed by atoms with van der Waals surface area (Å²) in [7, 11) is -3.45. The third-order valence-corrected chi connectivity index (χ3v) is 5.51. The monoisotopic (exact) mass is 291 g/mol. The van der Waals surface area contributed by atoms with Gasteiger partial charge < -0.3 is 4.98 Å². The van der Waals surface area contributed by atoms with Crippen LogP contribution in [0.15, 0.2) is 41.4 Å². The molecule has 106 valence electrons. The number of nitrogens with zero attached hydrogens (tertiary/aromatic N) is 2. The van der Waals surface area contributed by atoms with E-state index in [1.54, 1.807) is 34.8 Å². The Balaban J connectivity index is 1.97. The maximum Gasteiger partial charge on any atom is 0.243 e. The Hall–Kier alpha value is -1.66. The Kier molecular flexibility index (Phi) is 3.35. The fourth-order valence-corrected chi connectivity index (χ4v) is 4.31. The molecule has 0 amide bonds. The molecular formula is C14H17N3O2S. The number of sulfonamides is 1. The third kappa shape index (κ3) is 2.25. The van der Waals surface area contributed by atoms with E-state index < -0.39 is 10.0 Å². The van der Waals surface area contributed by atoms with E-state index in [2.05, 4.69) is 9.97 Å². The standard InChI is InChI=1S/C14H17N3O2S/c1-11-10-15-14(16-11)13-8-5-9-17(13)20(18,19)12-6-3-2-4-7-12/h2-4,6-7,10,13H,5,8-9H2,1H3,(H,15,16). The van der Waals surface area contributed by atoms with E-state index in [1.165, 1.54) is 0 Å². The SMILES string of the molecule is Cc1cnc(C2CCCN2S(=O)(=O)c2ccccc2)[nH]1. The summed E-state index contributed by atoms with van der Waals surface area (Å²) in [6.45, 7) is 2.46. The molecule has 0 saturated carbocycles. The zero-order chi connectivity index (χ0) is 14.2. The molecule has 20 heavy (non-hydrogen) atoms. The fraction of sp³-hybridized carbons (Fsp3) is 0.357. The predicted octanol–water partition coefficient (Wildman–Crippen LogP) is 2.24. The maximum atomic E-state index is 12.7. The largest absolute Gasteiger partial charge is 0.345 e. The van der Waals surface area contributed by atoms with Crippen LogP contribution < -0.4 is 0 Å². The molecule has 6 heteroatoms. The van der Waals surface area contributed by atoms with Crippen LogP contribution in [0.1, 0.15) is 30.4 Å². The van der Waals surface area contributed by atoms with Crippen molar-refractivity contribution < 1.29 is 8.42 Å². The molecule has 1 fully saturated rings. The number of rotatable bonds is 3. The Labute approximate surface area is 118 Å². The fourth-order valence-electron chi connectivity index (χ4n) is 2.63. The molecular weight excluding hydrogens is 274 g/mol. The molecule has 2 aromatic rings. The summed E-state index contributed by atoms with van der Waals surface area (Å²) in [5.41, 5.74) is 0.948. The van der Waals surface area contributed by atoms with Crippen molar-refractivity contribution >= 4 is 10.0 Å². The quantitative estimate of drug-likeness (QED) is 0.943. The molecule has 1 aliphatic heterocycles. The van der Waals surface area contributed by atoms with Crippen LogP contribution in [0.4, 0.5) is 0 Å². The first-order valence-electron chi connectivity index (χ1n) is 6.67. The van der Waals surface area contributed by atoms with Gasteiger partial charge in [-0.3, -0.25) is 0 Å². The highest BCUT2D eigenvalue weighted by molar-refractivity contribution is 7.89. The first-order chi connectivity index (χ1) is 9.59. The van der Waals surface area contributed by atoms with Crippen molar-refractivity contribution in [2.45, 2.75) is 30.7 Å². The molecule has 1 unspecified atom stereocenters. The molecule has 1 aromatic carbocycles. The zero-order valence-corrected chi connectivity index (χ0v) is 12.1. The summed E-state index contributed by atoms with van der Waals surface area (Å²) < 4.78 is 27.0. The van der Waals surface area contributed by atoms with Crippen molar-refractivity contribution in [3.05, 3.63) is 48.0 Å². The van der Waals surface area contributed by atoms with Crippen molar-refractivity contribution in [1.29, 1.82) is 0 Å². The van der Waals surface area contributed by atoms with Crippen LogP contribution >= 0.6 is 0 Å². The lowest BCUT2D eigenvalue weighted by atomic mass is 10.2. The van der Waals surface area contributed by atoms with Gasteiger partial charge in [0.15, 0.2) is 0 Å². The Morgan fingerprint density at radius 1 is 1.30 bits per heavy atom. The van der Waals surface area contributed by atoms with E-state index in [0.717, 1.165) is 24.4 Å². The lowest BCUT2D eigenvalue weighted by molar-refractivity contribution is 0.385. The number of aromatic nitrogens is 2. The average Bonchev–Trinajstić information content (AvgIpc) is 3.08. The van der Waals surface area contributed by atoms with Gasteiger partial charge in [-0.05, 0) is 31.9 Å². The summed E-state index contributed by atoms with van der Waals surface area (Å²) in [6, 6.07) is 8.39. The maximum absolute atomic E-state index is 12.7. The van der Waals surface area contributed by atoms with Crippen molar-refractivity contribution in [2.75, 3.05) is 6.54 Å². The summed E-state index contributed by atoms with van der Waals surface area (Å²) in [5, 5.41) is 0. The third-order valence-electron chi connectivity index (χ3n) is 3.59. The minimum atomic E-state index is -3.45. The van der Waals surface area contributed by atoms with E-state index in [0.29, 0.717) is 11.4 Å². The lowest BCUT2D eigenvalue weighted by Crippen LogP contribution is -2.31. The molecule has 5 nitrogen and oxygen atoms in total. The van der Waals surface area contributed by atoms with Gasteiger partial charge >= 0.3 is 0 Å². The number of H-pyrrole nitrogens is 1. The van der Waals surface area contributed by atoms with E-state index in [4.69, 9.17) is 0 Å². The first kappa shape index (κ1) is 13.3. The average molecular weight is 291 g/mol. The molecule has 1 saturated heterocycles. The van der Waals surface area contributed by atoms with Crippen LogP contribution in [-0.4, -0.2) is 29.2 Å². The molecule has 1 N–H and O–H groups in total. The second kappa shape index (κ2) is 5.03. The summed E-state index contributed by atoms with van der Waals surface area (Å²) in [6.07, 6.45) is 3.40. The molecule has 3 rings (SSSR count). The van der Waals surface area contributed by atoms with Crippen LogP contribution in [0, 0.1) is 6.92 Å². The number of imidazole rings is 1. The van der Waals surface area contributed by atoms with Gasteiger partial charge in [0.05, 0.1) is 10.9 Å². The minimum Gasteiger partial charge on any atom is -0.345 e. The summed E-state index contributed by atoms with van der Waals surface area (Å²) >= 11 is 0. The first-order valence-corrected chi connectivity index (χ1v) is 8.11. The number of aryl methyl sites for hydroxylation is 1. The van der Waals surface area contributed by atoms with E-state index in [9.17, 15) is 8.42 Å². The lowest BCUT2D eigenvalue weighted by Gasteiger charge is -2.22. The number of aromatic amines is 1. The zero-order valence-electron chi connectivity index (χ0n) is 11.3. The van der Waals surface area contributed by atoms with Crippen molar-refractivity contribution in [1.82, 2.24) is 14.3 Å². The van der Waals surface area contributed by atoms with Crippen molar-refractivity contribution in [3.8, 4) is 0 Å². The van der Waals surface area contributed by atoms with Crippen molar-refractivity contribution in [3.63, 3.8) is 0 Å². The second-order valence-corrected chi connectivity index (χ2v) is 6.93. The Morgan fingerprint density at radius 3 is 2.70 bits per heavy atom. The highest BCUT2D eigenvalue weighted by Gasteiger charge is 2.37. The van der Waals surface area contributed by atoms with E-state index in [1.807, 2.05) is 13.0 Å². The second-order valence-electron chi connectivity index (χ2n) is 5.04. The van der Waals surface area contributed by atoms with Crippen LogP contribution in [0.2, 0.25) is 0 Å². The number of benzene rings is 1. The van der Waals surface area contributed by atoms with Crippen LogP contribution in [-0.2, 0) is 10.0 Å². The van der Waals surface area contributed by atoms with Crippen LogP contribution in [0.3, 0.4) is 0 Å². The van der Waals surface area contributed by atoms with Gasteiger partial charge in [0.1, 0.15) is 5.82 Å². The van der Waals surface area contributed by atoms with Crippen molar-refractivity contribution in [2.24, 2.45) is 0 Å². The molecule has 0 radical (unpaired) electrons. The Morgan fingerprint density at radius 2 is 2.05 bits per heavy atom. The molecule has 2 heterocycles. The molecule has 1 aromatic heterocycles. The minimum absolute atomic E-state index is 0.186. The number of hydrogen-bond acceptors (Lipinski definition) is 3. The Bertz CT molecular complexity index is 694. The molecule has 1 atom stereocenters. The van der Waals surface area contributed by atoms with E-state index >= 15 is 0 Å². The van der Waals surface area contributed by atoms with Gasteiger partial charge in [0.25, 0.3) is 0 Å². The number of nitrogens with one attached hydrogen (secondary N) is 1. The van der Waals surface area contributed by atoms with Gasteiger partial charge in [-0.1, -0.05) is 18.2 Å². The molecule has 0 bridgehead atoms. The summed E-state index contributed by atoms with van der Waals surface area (Å²) in [4.78, 5) is 7.79. The van der Waals surface area contributed by atoms with Gasteiger partial charge in [-0.2, -0.15) is 4.31 Å². The van der Waals surface area contributed by atoms with E-state index in [-0.39, 0.29) is 6.04 Å². The summed E-state index contributed by atoms with van der Waals surface area (Å²) in [5.74, 6) is 0.736. The van der Waals surface area contributed by atoms with Gasteiger partial charge in [0, 0.05) is 18.4 Å². The highest BCUT2D eigenvalue weighted by Crippen LogP contribution is 2.35. The highest BCUT2D eigenvalue weighted by atomic mass is 32.2. The molecule has 1 aliphatic rings.